The summed E-state index contributed by atoms with van der Waals surface area (Å²) in [4.78, 5) is 0. The van der Waals surface area contributed by atoms with Crippen LogP contribution in [0.15, 0.2) is 29.0 Å². The van der Waals surface area contributed by atoms with Gasteiger partial charge in [0.05, 0.1) is 10.6 Å². The highest BCUT2D eigenvalue weighted by molar-refractivity contribution is 8.90. The Balaban J connectivity index is 2.68. The van der Waals surface area contributed by atoms with Gasteiger partial charge in [-0.1, -0.05) is 34.9 Å². The summed E-state index contributed by atoms with van der Waals surface area (Å²) in [6.07, 6.45) is -0.824. The molecule has 0 aliphatic rings. The lowest BCUT2D eigenvalue weighted by Gasteiger charge is -2.09. The van der Waals surface area contributed by atoms with Crippen molar-refractivity contribution in [2.75, 3.05) is 12.5 Å². The molecular formula is C12H15F3NOPS3. The quantitative estimate of drug-likeness (QED) is 0.350. The fourth-order valence-electron chi connectivity index (χ4n) is 1.34. The number of alkyl halides is 3. The molecule has 1 aromatic rings. The largest absolute Gasteiger partial charge is 0.416 e. The van der Waals surface area contributed by atoms with E-state index in [1.165, 1.54) is 46.7 Å². The van der Waals surface area contributed by atoms with Crippen molar-refractivity contribution >= 4 is 45.3 Å². The number of benzene rings is 1. The third-order valence-corrected chi connectivity index (χ3v) is 11.0. The first-order valence-electron chi connectivity index (χ1n) is 5.77. The summed E-state index contributed by atoms with van der Waals surface area (Å²) in [6.45, 7) is 1.76. The Kier molecular flexibility index (Phi) is 7.24. The molecule has 0 N–H and O–H groups in total. The lowest BCUT2D eigenvalue weighted by Crippen LogP contribution is -2.04. The topological polar surface area (TPSA) is 29.4 Å². The normalized spacial score (nSPS) is 13.5. The molecule has 0 aromatic heterocycles. The van der Waals surface area contributed by atoms with Crippen molar-refractivity contribution in [1.82, 2.24) is 0 Å². The van der Waals surface area contributed by atoms with Gasteiger partial charge in [-0.15, -0.1) is 11.8 Å². The van der Waals surface area contributed by atoms with E-state index in [0.717, 1.165) is 17.7 Å². The lowest BCUT2D eigenvalue weighted by molar-refractivity contribution is -0.137. The molecule has 1 rings (SSSR count). The molecule has 2 nitrogen and oxygen atoms in total. The van der Waals surface area contributed by atoms with Gasteiger partial charge in [-0.2, -0.15) is 13.2 Å². The van der Waals surface area contributed by atoms with Crippen LogP contribution in [-0.2, 0) is 16.5 Å². The molecule has 1 aromatic carbocycles. The van der Waals surface area contributed by atoms with Crippen LogP contribution < -0.4 is 0 Å². The van der Waals surface area contributed by atoms with E-state index >= 15 is 0 Å². The standard InChI is InChI=1S/C12H15F3NOPS3/c1-9(16-18(17,19-2)20-3)21-8-10-4-6-11(7-5-10)12(13,14)15/h4-7H,8H2,1-3H3. The SMILES string of the molecule is CSP(=O)(N=C(C)SCc1ccc(C(F)(F)F)cc1)SC. The molecule has 0 unspecified atom stereocenters. The molecule has 0 fully saturated rings. The van der Waals surface area contributed by atoms with E-state index in [1.807, 2.05) is 0 Å². The van der Waals surface area contributed by atoms with Gasteiger partial charge in [0.2, 0.25) is 0 Å². The molecule has 0 atom stereocenters. The predicted octanol–water partition coefficient (Wildman–Crippen LogP) is 6.19. The summed E-state index contributed by atoms with van der Waals surface area (Å²) < 4.78 is 53.6. The Bertz CT molecular complexity index is 538. The Morgan fingerprint density at radius 1 is 1.19 bits per heavy atom. The molecule has 0 radical (unpaired) electrons. The minimum absolute atomic E-state index is 0.496. The Morgan fingerprint density at radius 3 is 2.14 bits per heavy atom. The first-order valence-corrected chi connectivity index (χ1v) is 12.1. The number of hydrogen-bond donors (Lipinski definition) is 0. The zero-order valence-corrected chi connectivity index (χ0v) is 15.0. The predicted molar refractivity (Wildman–Crippen MR) is 90.5 cm³/mol. The van der Waals surface area contributed by atoms with Crippen LogP contribution in [0, 0.1) is 0 Å². The molecular weight excluding hydrogens is 358 g/mol. The van der Waals surface area contributed by atoms with Crippen molar-refractivity contribution in [1.29, 1.82) is 0 Å². The van der Waals surface area contributed by atoms with Crippen LogP contribution in [0.2, 0.25) is 0 Å². The van der Waals surface area contributed by atoms with E-state index in [9.17, 15) is 17.7 Å². The van der Waals surface area contributed by atoms with Gasteiger partial charge in [0.15, 0.2) is 0 Å². The highest BCUT2D eigenvalue weighted by Crippen LogP contribution is 2.68. The van der Waals surface area contributed by atoms with Crippen molar-refractivity contribution in [3.05, 3.63) is 35.4 Å². The molecule has 0 saturated carbocycles. The first-order chi connectivity index (χ1) is 9.70. The third-order valence-electron chi connectivity index (χ3n) is 2.45. The minimum Gasteiger partial charge on any atom is -0.274 e. The van der Waals surface area contributed by atoms with Crippen LogP contribution >= 0.6 is 40.2 Å². The van der Waals surface area contributed by atoms with Gasteiger partial charge in [0, 0.05) is 5.75 Å². The number of nitrogens with zero attached hydrogens (tertiary/aromatic N) is 1. The summed E-state index contributed by atoms with van der Waals surface area (Å²) in [5.41, 5.74) is -2.52. The van der Waals surface area contributed by atoms with Gasteiger partial charge in [0.1, 0.15) is 0 Å². The molecule has 0 aliphatic heterocycles. The first kappa shape index (κ1) is 19.0. The molecule has 118 valence electrons. The molecule has 21 heavy (non-hydrogen) atoms. The monoisotopic (exact) mass is 373 g/mol. The van der Waals surface area contributed by atoms with Crippen LogP contribution in [0.4, 0.5) is 13.2 Å². The van der Waals surface area contributed by atoms with E-state index in [1.54, 1.807) is 19.4 Å². The smallest absolute Gasteiger partial charge is 0.274 e. The number of halogens is 3. The molecule has 0 amide bonds. The van der Waals surface area contributed by atoms with Crippen LogP contribution in [0.25, 0.3) is 0 Å². The molecule has 0 saturated heterocycles. The van der Waals surface area contributed by atoms with Crippen LogP contribution in [0.3, 0.4) is 0 Å². The maximum Gasteiger partial charge on any atom is 0.416 e. The van der Waals surface area contributed by atoms with Gasteiger partial charge in [-0.3, -0.25) is 4.57 Å². The van der Waals surface area contributed by atoms with Crippen molar-refractivity contribution in [2.45, 2.75) is 18.9 Å². The van der Waals surface area contributed by atoms with Crippen molar-refractivity contribution in [2.24, 2.45) is 4.76 Å². The minimum atomic E-state index is -4.31. The highest BCUT2D eigenvalue weighted by Gasteiger charge is 2.29. The summed E-state index contributed by atoms with van der Waals surface area (Å²) in [7, 11) is 0. The van der Waals surface area contributed by atoms with Crippen LogP contribution in [0.5, 0.6) is 0 Å². The summed E-state index contributed by atoms with van der Waals surface area (Å²) >= 11 is 3.81. The number of hydrogen-bond acceptors (Lipinski definition) is 4. The van der Waals surface area contributed by atoms with Crippen molar-refractivity contribution < 1.29 is 17.7 Å². The average Bonchev–Trinajstić information content (AvgIpc) is 2.44. The third kappa shape index (κ3) is 6.30. The Labute approximate surface area is 134 Å². The zero-order valence-electron chi connectivity index (χ0n) is 11.7. The zero-order chi connectivity index (χ0) is 16.1. The van der Waals surface area contributed by atoms with Crippen LogP contribution in [0.1, 0.15) is 18.1 Å². The Hall–Kier alpha value is -0.0400. The second kappa shape index (κ2) is 7.99. The van der Waals surface area contributed by atoms with Crippen molar-refractivity contribution in [3.8, 4) is 0 Å². The fourth-order valence-corrected chi connectivity index (χ4v) is 6.46. The fraction of sp³-hybridized carbons (Fsp3) is 0.417. The van der Waals surface area contributed by atoms with E-state index in [-0.39, 0.29) is 0 Å². The highest BCUT2D eigenvalue weighted by atomic mass is 33.1. The van der Waals surface area contributed by atoms with Gasteiger partial charge in [0.25, 0.3) is 5.70 Å². The Morgan fingerprint density at radius 2 is 1.71 bits per heavy atom. The van der Waals surface area contributed by atoms with E-state index in [2.05, 4.69) is 4.76 Å². The van der Waals surface area contributed by atoms with Gasteiger partial charge in [-0.05, 0) is 37.1 Å². The maximum atomic E-state index is 12.4. The van der Waals surface area contributed by atoms with Crippen LogP contribution in [-0.4, -0.2) is 17.6 Å². The average molecular weight is 373 g/mol. The molecule has 0 heterocycles. The van der Waals surface area contributed by atoms with E-state index < -0.39 is 17.4 Å². The van der Waals surface area contributed by atoms with Gasteiger partial charge >= 0.3 is 6.18 Å². The molecule has 0 bridgehead atoms. The molecule has 9 heteroatoms. The molecule has 0 spiro atoms. The summed E-state index contributed by atoms with van der Waals surface area (Å²) in [5, 5.41) is 0.668. The second-order valence-corrected chi connectivity index (χ2v) is 12.8. The van der Waals surface area contributed by atoms with Gasteiger partial charge < -0.3 is 0 Å². The van der Waals surface area contributed by atoms with Crippen molar-refractivity contribution in [3.63, 3.8) is 0 Å². The van der Waals surface area contributed by atoms with E-state index in [4.69, 9.17) is 0 Å². The second-order valence-electron chi connectivity index (χ2n) is 3.94. The van der Waals surface area contributed by atoms with Gasteiger partial charge in [-0.25, -0.2) is 4.76 Å². The summed E-state index contributed by atoms with van der Waals surface area (Å²) in [5.74, 6) is 0.496. The van der Waals surface area contributed by atoms with E-state index in [0.29, 0.717) is 10.8 Å². The maximum absolute atomic E-state index is 12.4. The number of rotatable bonds is 5. The number of thioether (sulfide) groups is 1. The summed E-state index contributed by atoms with van der Waals surface area (Å²) in [6, 6.07) is 5.03. The molecule has 0 aliphatic carbocycles. The lowest BCUT2D eigenvalue weighted by atomic mass is 10.1.